The van der Waals surface area contributed by atoms with Gasteiger partial charge in [-0.25, -0.2) is 0 Å². The fourth-order valence-electron chi connectivity index (χ4n) is 1.13. The van der Waals surface area contributed by atoms with Crippen molar-refractivity contribution in [3.8, 4) is 0 Å². The van der Waals surface area contributed by atoms with Crippen molar-refractivity contribution in [2.75, 3.05) is 5.32 Å². The van der Waals surface area contributed by atoms with Gasteiger partial charge >= 0.3 is 5.97 Å². The summed E-state index contributed by atoms with van der Waals surface area (Å²) < 4.78 is 0. The summed E-state index contributed by atoms with van der Waals surface area (Å²) >= 11 is 11.5. The minimum Gasteiger partial charge on any atom is -0.480 e. The molecule has 0 aliphatic rings. The lowest BCUT2D eigenvalue weighted by Crippen LogP contribution is -2.34. The lowest BCUT2D eigenvalue weighted by molar-refractivity contribution is -0.140. The number of rotatable bonds is 4. The van der Waals surface area contributed by atoms with Crippen LogP contribution in [0.5, 0.6) is 0 Å². The van der Waals surface area contributed by atoms with Crippen LogP contribution in [0, 0.1) is 0 Å². The molecule has 5 nitrogen and oxygen atoms in total. The molecule has 0 bridgehead atoms. The van der Waals surface area contributed by atoms with E-state index in [2.05, 4.69) is 5.32 Å². The highest BCUT2D eigenvalue weighted by molar-refractivity contribution is 6.35. The van der Waals surface area contributed by atoms with Crippen LogP contribution < -0.4 is 11.1 Å². The highest BCUT2D eigenvalue weighted by Crippen LogP contribution is 2.22. The zero-order chi connectivity index (χ0) is 13.0. The Morgan fingerprint density at radius 3 is 2.29 bits per heavy atom. The number of benzene rings is 1. The standard InChI is InChI=1S/C10H10Cl2N2O3/c11-5-1-6(12)3-7(2-5)14-9(15)4-8(13)10(16)17/h1-3,8H,4,13H2,(H,14,15)(H,16,17). The molecule has 1 amide bonds. The molecule has 7 heteroatoms. The zero-order valence-electron chi connectivity index (χ0n) is 8.61. The lowest BCUT2D eigenvalue weighted by atomic mass is 10.2. The van der Waals surface area contributed by atoms with Gasteiger partial charge in [0.2, 0.25) is 5.91 Å². The number of carboxylic acid groups (broad SMARTS) is 1. The van der Waals surface area contributed by atoms with Crippen LogP contribution in [0.2, 0.25) is 10.0 Å². The summed E-state index contributed by atoms with van der Waals surface area (Å²) in [7, 11) is 0. The van der Waals surface area contributed by atoms with Gasteiger partial charge in [0.05, 0.1) is 6.42 Å². The predicted molar refractivity (Wildman–Crippen MR) is 65.3 cm³/mol. The van der Waals surface area contributed by atoms with Crippen molar-refractivity contribution in [2.45, 2.75) is 12.5 Å². The molecule has 1 atom stereocenters. The first-order valence-corrected chi connectivity index (χ1v) is 5.38. The molecule has 0 saturated heterocycles. The molecule has 0 spiro atoms. The number of carboxylic acids is 1. The van der Waals surface area contributed by atoms with Gasteiger partial charge in [0.15, 0.2) is 0 Å². The largest absolute Gasteiger partial charge is 0.480 e. The average Bonchev–Trinajstić information content (AvgIpc) is 2.14. The second kappa shape index (κ2) is 5.86. The Labute approximate surface area is 108 Å². The van der Waals surface area contributed by atoms with Gasteiger partial charge in [-0.3, -0.25) is 9.59 Å². The third-order valence-electron chi connectivity index (χ3n) is 1.87. The maximum absolute atomic E-state index is 11.4. The molecule has 1 aromatic carbocycles. The molecule has 4 N–H and O–H groups in total. The van der Waals surface area contributed by atoms with Crippen molar-refractivity contribution in [2.24, 2.45) is 5.73 Å². The topological polar surface area (TPSA) is 92.4 Å². The van der Waals surface area contributed by atoms with Crippen LogP contribution in [0.25, 0.3) is 0 Å². The van der Waals surface area contributed by atoms with E-state index in [9.17, 15) is 9.59 Å². The van der Waals surface area contributed by atoms with Crippen LogP contribution in [0.15, 0.2) is 18.2 Å². The SMILES string of the molecule is NC(CC(=O)Nc1cc(Cl)cc(Cl)c1)C(=O)O. The molecule has 1 unspecified atom stereocenters. The van der Waals surface area contributed by atoms with Crippen LogP contribution in [0.4, 0.5) is 5.69 Å². The smallest absolute Gasteiger partial charge is 0.321 e. The van der Waals surface area contributed by atoms with Crippen LogP contribution in [-0.2, 0) is 9.59 Å². The Morgan fingerprint density at radius 2 is 1.82 bits per heavy atom. The first-order chi connectivity index (χ1) is 7.88. The van der Waals surface area contributed by atoms with Gasteiger partial charge in [-0.2, -0.15) is 0 Å². The molecule has 1 aromatic rings. The summed E-state index contributed by atoms with van der Waals surface area (Å²) in [4.78, 5) is 21.9. The minimum absolute atomic E-state index is 0.320. The second-order valence-electron chi connectivity index (χ2n) is 3.36. The van der Waals surface area contributed by atoms with Gasteiger partial charge in [0.25, 0.3) is 0 Å². The van der Waals surface area contributed by atoms with Crippen molar-refractivity contribution >= 4 is 40.8 Å². The number of nitrogens with two attached hydrogens (primary N) is 1. The molecule has 0 aromatic heterocycles. The van der Waals surface area contributed by atoms with E-state index in [-0.39, 0.29) is 6.42 Å². The third kappa shape index (κ3) is 4.60. The van der Waals surface area contributed by atoms with Crippen molar-refractivity contribution < 1.29 is 14.7 Å². The molecule has 0 heterocycles. The number of hydrogen-bond donors (Lipinski definition) is 3. The van der Waals surface area contributed by atoms with Gasteiger partial charge < -0.3 is 16.2 Å². The first-order valence-electron chi connectivity index (χ1n) is 4.63. The van der Waals surface area contributed by atoms with Crippen molar-refractivity contribution in [1.29, 1.82) is 0 Å². The van der Waals surface area contributed by atoms with E-state index in [1.54, 1.807) is 0 Å². The lowest BCUT2D eigenvalue weighted by Gasteiger charge is -2.08. The van der Waals surface area contributed by atoms with Gasteiger partial charge in [-0.1, -0.05) is 23.2 Å². The van der Waals surface area contributed by atoms with Crippen molar-refractivity contribution in [3.05, 3.63) is 28.2 Å². The van der Waals surface area contributed by atoms with E-state index in [1.807, 2.05) is 0 Å². The molecule has 17 heavy (non-hydrogen) atoms. The van der Waals surface area contributed by atoms with E-state index in [1.165, 1.54) is 18.2 Å². The molecular weight excluding hydrogens is 267 g/mol. The van der Waals surface area contributed by atoms with Gasteiger partial charge in [-0.15, -0.1) is 0 Å². The highest BCUT2D eigenvalue weighted by atomic mass is 35.5. The number of hydrogen-bond acceptors (Lipinski definition) is 3. The fourth-order valence-corrected chi connectivity index (χ4v) is 1.65. The summed E-state index contributed by atoms with van der Waals surface area (Å²) in [6, 6.07) is 3.28. The Bertz CT molecular complexity index is 431. The number of carbonyl (C=O) groups is 2. The first kappa shape index (κ1) is 13.8. The third-order valence-corrected chi connectivity index (χ3v) is 2.31. The van der Waals surface area contributed by atoms with Crippen LogP contribution in [0.1, 0.15) is 6.42 Å². The zero-order valence-corrected chi connectivity index (χ0v) is 10.1. The number of carbonyl (C=O) groups excluding carboxylic acids is 1. The van der Waals surface area contributed by atoms with E-state index < -0.39 is 17.9 Å². The Balaban J connectivity index is 2.65. The molecule has 0 saturated carbocycles. The summed E-state index contributed by atoms with van der Waals surface area (Å²) in [5, 5.41) is 11.7. The van der Waals surface area contributed by atoms with Crippen LogP contribution in [-0.4, -0.2) is 23.0 Å². The monoisotopic (exact) mass is 276 g/mol. The Kier molecular flexibility index (Phi) is 4.74. The molecule has 0 fully saturated rings. The molecule has 0 aliphatic heterocycles. The fraction of sp³-hybridized carbons (Fsp3) is 0.200. The van der Waals surface area contributed by atoms with Crippen molar-refractivity contribution in [3.63, 3.8) is 0 Å². The average molecular weight is 277 g/mol. The maximum atomic E-state index is 11.4. The summed E-state index contributed by atoms with van der Waals surface area (Å²) in [6.45, 7) is 0. The van der Waals surface area contributed by atoms with Crippen molar-refractivity contribution in [1.82, 2.24) is 0 Å². The summed E-state index contributed by atoms with van der Waals surface area (Å²) in [5.74, 6) is -1.75. The normalized spacial score (nSPS) is 11.9. The number of anilines is 1. The Hall–Kier alpha value is -1.30. The summed E-state index contributed by atoms with van der Waals surface area (Å²) in [6.07, 6.45) is -0.320. The quantitative estimate of drug-likeness (QED) is 0.781. The van der Waals surface area contributed by atoms with Gasteiger partial charge in [0.1, 0.15) is 6.04 Å². The van der Waals surface area contributed by atoms with Gasteiger partial charge in [-0.05, 0) is 18.2 Å². The van der Waals surface area contributed by atoms with Gasteiger partial charge in [0, 0.05) is 15.7 Å². The van der Waals surface area contributed by atoms with E-state index >= 15 is 0 Å². The van der Waals surface area contributed by atoms with Crippen LogP contribution in [0.3, 0.4) is 0 Å². The maximum Gasteiger partial charge on any atom is 0.321 e. The van der Waals surface area contributed by atoms with Crippen LogP contribution >= 0.6 is 23.2 Å². The predicted octanol–water partition coefficient (Wildman–Crippen LogP) is 1.73. The molecule has 0 radical (unpaired) electrons. The summed E-state index contributed by atoms with van der Waals surface area (Å²) in [5.41, 5.74) is 5.61. The Morgan fingerprint density at radius 1 is 1.29 bits per heavy atom. The number of aliphatic carboxylic acids is 1. The molecular formula is C10H10Cl2N2O3. The van der Waals surface area contributed by atoms with E-state index in [4.69, 9.17) is 34.0 Å². The molecule has 92 valence electrons. The number of halogens is 2. The number of nitrogens with one attached hydrogen (secondary N) is 1. The minimum atomic E-state index is -1.23. The molecule has 1 rings (SSSR count). The highest BCUT2D eigenvalue weighted by Gasteiger charge is 2.16. The molecule has 0 aliphatic carbocycles. The second-order valence-corrected chi connectivity index (χ2v) is 4.23. The van der Waals surface area contributed by atoms with E-state index in [0.717, 1.165) is 0 Å². The van der Waals surface area contributed by atoms with E-state index in [0.29, 0.717) is 15.7 Å². The number of amides is 1.